The van der Waals surface area contributed by atoms with Gasteiger partial charge in [0, 0.05) is 21.0 Å². The highest BCUT2D eigenvalue weighted by atomic mass is 16.4. The molecule has 0 radical (unpaired) electrons. The zero-order chi connectivity index (χ0) is 9.30. The van der Waals surface area contributed by atoms with Crippen LogP contribution in [0, 0.1) is 13.8 Å². The molecule has 0 aliphatic carbocycles. The topological polar surface area (TPSA) is 46.3 Å². The molecular formula is C8H12N2O2. The molecule has 1 heterocycles. The average molecular weight is 168 g/mol. The number of hydrogen-bond acceptors (Lipinski definition) is 3. The van der Waals surface area contributed by atoms with E-state index < -0.39 is 0 Å². The second kappa shape index (κ2) is 2.97. The first-order chi connectivity index (χ1) is 5.52. The molecule has 0 fully saturated rings. The Morgan fingerprint density at radius 1 is 1.42 bits per heavy atom. The maximum absolute atomic E-state index is 11.4. The summed E-state index contributed by atoms with van der Waals surface area (Å²) in [5, 5.41) is 0. The second-order valence-corrected chi connectivity index (χ2v) is 2.85. The molecule has 0 saturated carbocycles. The van der Waals surface area contributed by atoms with Gasteiger partial charge in [0.05, 0.1) is 5.69 Å². The SMILES string of the molecule is Cc1nc(C)c(C(=O)N(C)C)o1. The van der Waals surface area contributed by atoms with E-state index in [9.17, 15) is 4.79 Å². The van der Waals surface area contributed by atoms with Crippen molar-refractivity contribution in [3.8, 4) is 0 Å². The molecule has 1 aromatic rings. The summed E-state index contributed by atoms with van der Waals surface area (Å²) in [6.45, 7) is 3.48. The van der Waals surface area contributed by atoms with Gasteiger partial charge in [0.25, 0.3) is 5.91 Å². The van der Waals surface area contributed by atoms with Crippen LogP contribution >= 0.6 is 0 Å². The number of hydrogen-bond donors (Lipinski definition) is 0. The Kier molecular flexibility index (Phi) is 2.17. The molecule has 1 rings (SSSR count). The third-order valence-corrected chi connectivity index (χ3v) is 1.50. The number of amides is 1. The molecule has 0 bridgehead atoms. The molecule has 0 N–H and O–H groups in total. The van der Waals surface area contributed by atoms with Gasteiger partial charge in [0.1, 0.15) is 0 Å². The lowest BCUT2D eigenvalue weighted by atomic mass is 10.3. The van der Waals surface area contributed by atoms with Crippen LogP contribution in [0.15, 0.2) is 4.42 Å². The molecule has 0 spiro atoms. The predicted molar refractivity (Wildman–Crippen MR) is 44.0 cm³/mol. The van der Waals surface area contributed by atoms with Crippen molar-refractivity contribution in [1.29, 1.82) is 0 Å². The zero-order valence-corrected chi connectivity index (χ0v) is 7.71. The number of carbonyl (C=O) groups is 1. The molecule has 1 amide bonds. The Balaban J connectivity index is 3.02. The minimum Gasteiger partial charge on any atom is -0.436 e. The minimum absolute atomic E-state index is 0.145. The monoisotopic (exact) mass is 168 g/mol. The minimum atomic E-state index is -0.145. The summed E-state index contributed by atoms with van der Waals surface area (Å²) in [6.07, 6.45) is 0. The van der Waals surface area contributed by atoms with E-state index >= 15 is 0 Å². The largest absolute Gasteiger partial charge is 0.436 e. The Hall–Kier alpha value is -1.32. The van der Waals surface area contributed by atoms with Gasteiger partial charge in [-0.25, -0.2) is 4.98 Å². The smallest absolute Gasteiger partial charge is 0.291 e. The Bertz CT molecular complexity index is 302. The van der Waals surface area contributed by atoms with E-state index in [1.54, 1.807) is 27.9 Å². The number of rotatable bonds is 1. The Labute approximate surface area is 71.2 Å². The molecule has 0 aromatic carbocycles. The molecule has 0 unspecified atom stereocenters. The summed E-state index contributed by atoms with van der Waals surface area (Å²) >= 11 is 0. The van der Waals surface area contributed by atoms with Crippen molar-refractivity contribution >= 4 is 5.91 Å². The first kappa shape index (κ1) is 8.77. The normalized spacial score (nSPS) is 10.0. The van der Waals surface area contributed by atoms with Crippen LogP contribution in [0.25, 0.3) is 0 Å². The van der Waals surface area contributed by atoms with Gasteiger partial charge >= 0.3 is 0 Å². The van der Waals surface area contributed by atoms with Gasteiger partial charge in [-0.15, -0.1) is 0 Å². The van der Waals surface area contributed by atoms with Crippen LogP contribution in [0.3, 0.4) is 0 Å². The first-order valence-corrected chi connectivity index (χ1v) is 3.68. The molecule has 12 heavy (non-hydrogen) atoms. The third-order valence-electron chi connectivity index (χ3n) is 1.50. The van der Waals surface area contributed by atoms with Crippen molar-refractivity contribution < 1.29 is 9.21 Å². The van der Waals surface area contributed by atoms with E-state index in [0.29, 0.717) is 17.3 Å². The number of aryl methyl sites for hydroxylation is 2. The highest BCUT2D eigenvalue weighted by Gasteiger charge is 2.16. The van der Waals surface area contributed by atoms with E-state index in [1.165, 1.54) is 4.90 Å². The van der Waals surface area contributed by atoms with E-state index in [1.807, 2.05) is 0 Å². The fourth-order valence-electron chi connectivity index (χ4n) is 0.933. The first-order valence-electron chi connectivity index (χ1n) is 3.68. The lowest BCUT2D eigenvalue weighted by Crippen LogP contribution is -2.21. The van der Waals surface area contributed by atoms with Gasteiger partial charge in [-0.3, -0.25) is 4.79 Å². The van der Waals surface area contributed by atoms with Crippen LogP contribution in [0.1, 0.15) is 22.1 Å². The van der Waals surface area contributed by atoms with Gasteiger partial charge in [0.2, 0.25) is 5.76 Å². The number of aromatic nitrogens is 1. The molecular weight excluding hydrogens is 156 g/mol. The van der Waals surface area contributed by atoms with Crippen molar-refractivity contribution in [2.75, 3.05) is 14.1 Å². The molecule has 1 aromatic heterocycles. The third kappa shape index (κ3) is 1.47. The molecule has 4 heteroatoms. The fourth-order valence-corrected chi connectivity index (χ4v) is 0.933. The van der Waals surface area contributed by atoms with Crippen LogP contribution in [0.4, 0.5) is 0 Å². The van der Waals surface area contributed by atoms with E-state index in [2.05, 4.69) is 4.98 Å². The number of nitrogens with zero attached hydrogens (tertiary/aromatic N) is 2. The van der Waals surface area contributed by atoms with Gasteiger partial charge in [-0.1, -0.05) is 0 Å². The summed E-state index contributed by atoms with van der Waals surface area (Å²) in [5.74, 6) is 0.711. The van der Waals surface area contributed by atoms with Gasteiger partial charge in [-0.2, -0.15) is 0 Å². The van der Waals surface area contributed by atoms with Crippen molar-refractivity contribution in [1.82, 2.24) is 9.88 Å². The van der Waals surface area contributed by atoms with Gasteiger partial charge in [0.15, 0.2) is 5.89 Å². The van der Waals surface area contributed by atoms with E-state index in [-0.39, 0.29) is 5.91 Å². The van der Waals surface area contributed by atoms with E-state index in [4.69, 9.17) is 4.42 Å². The standard InChI is InChI=1S/C8H12N2O2/c1-5-7(8(11)10(3)4)12-6(2)9-5/h1-4H3. The van der Waals surface area contributed by atoms with Crippen LogP contribution in [0.2, 0.25) is 0 Å². The molecule has 4 nitrogen and oxygen atoms in total. The molecule has 0 atom stereocenters. The summed E-state index contributed by atoms with van der Waals surface area (Å²) in [5.41, 5.74) is 0.645. The second-order valence-electron chi connectivity index (χ2n) is 2.85. The molecule has 0 saturated heterocycles. The average Bonchev–Trinajstić information content (AvgIpc) is 2.28. The molecule has 0 aliphatic rings. The van der Waals surface area contributed by atoms with Crippen LogP contribution in [0.5, 0.6) is 0 Å². The maximum atomic E-state index is 11.4. The quantitative estimate of drug-likeness (QED) is 0.628. The Morgan fingerprint density at radius 2 is 2.00 bits per heavy atom. The zero-order valence-electron chi connectivity index (χ0n) is 7.71. The van der Waals surface area contributed by atoms with Crippen LogP contribution in [-0.4, -0.2) is 29.9 Å². The summed E-state index contributed by atoms with van der Waals surface area (Å²) in [4.78, 5) is 16.8. The predicted octanol–water partition coefficient (Wildman–Crippen LogP) is 0.993. The van der Waals surface area contributed by atoms with Crippen LogP contribution < -0.4 is 0 Å². The van der Waals surface area contributed by atoms with Crippen molar-refractivity contribution in [3.05, 3.63) is 17.3 Å². The maximum Gasteiger partial charge on any atom is 0.291 e. The van der Waals surface area contributed by atoms with Crippen molar-refractivity contribution in [2.45, 2.75) is 13.8 Å². The lowest BCUT2D eigenvalue weighted by molar-refractivity contribution is 0.0794. The number of oxazole rings is 1. The molecule has 0 aliphatic heterocycles. The summed E-state index contributed by atoms with van der Waals surface area (Å²) in [6, 6.07) is 0. The van der Waals surface area contributed by atoms with Gasteiger partial charge < -0.3 is 9.32 Å². The lowest BCUT2D eigenvalue weighted by Gasteiger charge is -2.06. The van der Waals surface area contributed by atoms with Crippen LogP contribution in [-0.2, 0) is 0 Å². The van der Waals surface area contributed by atoms with Gasteiger partial charge in [-0.05, 0) is 6.92 Å². The molecule has 66 valence electrons. The number of carbonyl (C=O) groups excluding carboxylic acids is 1. The van der Waals surface area contributed by atoms with Crippen molar-refractivity contribution in [3.63, 3.8) is 0 Å². The van der Waals surface area contributed by atoms with E-state index in [0.717, 1.165) is 0 Å². The summed E-state index contributed by atoms with van der Waals surface area (Å²) in [7, 11) is 3.36. The fraction of sp³-hybridized carbons (Fsp3) is 0.500. The highest BCUT2D eigenvalue weighted by Crippen LogP contribution is 2.10. The summed E-state index contributed by atoms with van der Waals surface area (Å²) < 4.78 is 5.14. The Morgan fingerprint density at radius 3 is 2.33 bits per heavy atom. The highest BCUT2D eigenvalue weighted by molar-refractivity contribution is 5.92. The van der Waals surface area contributed by atoms with Crippen molar-refractivity contribution in [2.24, 2.45) is 0 Å².